The molecule has 1 atom stereocenters. The molecule has 0 saturated heterocycles. The lowest BCUT2D eigenvalue weighted by molar-refractivity contribution is -0.122. The molecule has 7 heteroatoms. The van der Waals surface area contributed by atoms with Crippen LogP contribution in [0, 0.1) is 0 Å². The van der Waals surface area contributed by atoms with Crippen molar-refractivity contribution in [2.45, 2.75) is 19.9 Å². The summed E-state index contributed by atoms with van der Waals surface area (Å²) in [6, 6.07) is -0.621. The van der Waals surface area contributed by atoms with Gasteiger partial charge in [-0.1, -0.05) is 0 Å². The predicted octanol–water partition coefficient (Wildman–Crippen LogP) is -0.743. The quantitative estimate of drug-likeness (QED) is 0.643. The largest absolute Gasteiger partial charge is 0.396 e. The van der Waals surface area contributed by atoms with Crippen molar-refractivity contribution in [2.24, 2.45) is 7.05 Å². The molecule has 1 aromatic rings. The summed E-state index contributed by atoms with van der Waals surface area (Å²) in [7, 11) is 1.67. The molecule has 0 spiro atoms. The first-order valence-corrected chi connectivity index (χ1v) is 5.33. The first kappa shape index (κ1) is 13.0. The monoisotopic (exact) mass is 239 g/mol. The third kappa shape index (κ3) is 3.20. The third-order valence-electron chi connectivity index (χ3n) is 2.16. The maximum absolute atomic E-state index is 11.8. The number of hydrogen-bond donors (Lipinski definition) is 3. The SMILES string of the molecule is CCNC(=O)C(C)NC(=O)c1nn(C)cc1N. The number of hydrogen-bond acceptors (Lipinski definition) is 4. The average Bonchev–Trinajstić information content (AvgIpc) is 2.58. The Kier molecular flexibility index (Phi) is 4.08. The average molecular weight is 239 g/mol. The Hall–Kier alpha value is -2.05. The van der Waals surface area contributed by atoms with Crippen molar-refractivity contribution in [1.29, 1.82) is 0 Å². The van der Waals surface area contributed by atoms with Gasteiger partial charge in [0.15, 0.2) is 5.69 Å². The number of nitrogen functional groups attached to an aromatic ring is 1. The standard InChI is InChI=1S/C10H17N5O2/c1-4-12-9(16)6(2)13-10(17)8-7(11)5-15(3)14-8/h5-6H,4,11H2,1-3H3,(H,12,16)(H,13,17). The molecule has 0 bridgehead atoms. The summed E-state index contributed by atoms with van der Waals surface area (Å²) in [6.45, 7) is 3.93. The molecule has 1 aromatic heterocycles. The lowest BCUT2D eigenvalue weighted by Crippen LogP contribution is -2.45. The zero-order valence-electron chi connectivity index (χ0n) is 10.2. The van der Waals surface area contributed by atoms with Crippen LogP contribution in [-0.2, 0) is 11.8 Å². The minimum absolute atomic E-state index is 0.128. The van der Waals surface area contributed by atoms with Gasteiger partial charge in [-0.25, -0.2) is 0 Å². The van der Waals surface area contributed by atoms with Crippen LogP contribution in [0.5, 0.6) is 0 Å². The number of carbonyl (C=O) groups is 2. The molecule has 0 radical (unpaired) electrons. The maximum Gasteiger partial charge on any atom is 0.274 e. The molecule has 0 aromatic carbocycles. The third-order valence-corrected chi connectivity index (χ3v) is 2.16. The fraction of sp³-hybridized carbons (Fsp3) is 0.500. The number of nitrogens with one attached hydrogen (secondary N) is 2. The van der Waals surface area contributed by atoms with Gasteiger partial charge in [0.2, 0.25) is 5.91 Å². The second-order valence-electron chi connectivity index (χ2n) is 3.70. The van der Waals surface area contributed by atoms with E-state index in [1.54, 1.807) is 14.0 Å². The number of rotatable bonds is 4. The number of aromatic nitrogens is 2. The van der Waals surface area contributed by atoms with Gasteiger partial charge in [0, 0.05) is 19.8 Å². The van der Waals surface area contributed by atoms with Crippen molar-refractivity contribution in [3.8, 4) is 0 Å². The molecule has 7 nitrogen and oxygen atoms in total. The van der Waals surface area contributed by atoms with E-state index >= 15 is 0 Å². The Morgan fingerprint density at radius 1 is 1.59 bits per heavy atom. The highest BCUT2D eigenvalue weighted by atomic mass is 16.2. The molecular formula is C10H17N5O2. The van der Waals surface area contributed by atoms with Gasteiger partial charge in [0.1, 0.15) is 6.04 Å². The second kappa shape index (κ2) is 5.33. The van der Waals surface area contributed by atoms with E-state index in [1.807, 2.05) is 6.92 Å². The number of likely N-dealkylation sites (N-methyl/N-ethyl adjacent to an activating group) is 1. The highest BCUT2D eigenvalue weighted by molar-refractivity contribution is 5.99. The fourth-order valence-electron chi connectivity index (χ4n) is 1.34. The predicted molar refractivity (Wildman–Crippen MR) is 63.2 cm³/mol. The van der Waals surface area contributed by atoms with Crippen molar-refractivity contribution in [1.82, 2.24) is 20.4 Å². The molecule has 0 aliphatic carbocycles. The minimum atomic E-state index is -0.621. The van der Waals surface area contributed by atoms with E-state index in [2.05, 4.69) is 15.7 Å². The summed E-state index contributed by atoms with van der Waals surface area (Å²) in [5.74, 6) is -0.697. The number of anilines is 1. The molecule has 0 aliphatic rings. The molecule has 94 valence electrons. The zero-order valence-corrected chi connectivity index (χ0v) is 10.2. The van der Waals surface area contributed by atoms with Crippen LogP contribution in [0.4, 0.5) is 5.69 Å². The molecule has 0 fully saturated rings. The molecule has 1 heterocycles. The Balaban J connectivity index is 2.66. The van der Waals surface area contributed by atoms with Crippen LogP contribution in [0.15, 0.2) is 6.20 Å². The Morgan fingerprint density at radius 3 is 2.71 bits per heavy atom. The van der Waals surface area contributed by atoms with Gasteiger partial charge in [-0.2, -0.15) is 5.10 Å². The van der Waals surface area contributed by atoms with Crippen LogP contribution < -0.4 is 16.4 Å². The molecular weight excluding hydrogens is 222 g/mol. The summed E-state index contributed by atoms with van der Waals surface area (Å²) < 4.78 is 1.45. The normalized spacial score (nSPS) is 11.9. The van der Waals surface area contributed by atoms with Gasteiger partial charge in [-0.3, -0.25) is 14.3 Å². The molecule has 0 aliphatic heterocycles. The van der Waals surface area contributed by atoms with Crippen LogP contribution in [-0.4, -0.2) is 34.2 Å². The lowest BCUT2D eigenvalue weighted by Gasteiger charge is -2.12. The van der Waals surface area contributed by atoms with Crippen molar-refractivity contribution < 1.29 is 9.59 Å². The Morgan fingerprint density at radius 2 is 2.24 bits per heavy atom. The summed E-state index contributed by atoms with van der Waals surface area (Å²) in [6.07, 6.45) is 1.53. The molecule has 0 saturated carbocycles. The molecule has 17 heavy (non-hydrogen) atoms. The second-order valence-corrected chi connectivity index (χ2v) is 3.70. The Labute approximate surface area is 99.4 Å². The van der Waals surface area contributed by atoms with Crippen LogP contribution >= 0.6 is 0 Å². The topological polar surface area (TPSA) is 102 Å². The van der Waals surface area contributed by atoms with Crippen molar-refractivity contribution in [3.63, 3.8) is 0 Å². The van der Waals surface area contributed by atoms with Crippen LogP contribution in [0.1, 0.15) is 24.3 Å². The number of amides is 2. The van der Waals surface area contributed by atoms with Crippen LogP contribution in [0.25, 0.3) is 0 Å². The minimum Gasteiger partial charge on any atom is -0.396 e. The van der Waals surface area contributed by atoms with E-state index in [-0.39, 0.29) is 17.3 Å². The van der Waals surface area contributed by atoms with E-state index in [9.17, 15) is 9.59 Å². The van der Waals surface area contributed by atoms with Gasteiger partial charge < -0.3 is 16.4 Å². The highest BCUT2D eigenvalue weighted by Gasteiger charge is 2.19. The molecule has 1 rings (SSSR count). The van der Waals surface area contributed by atoms with Crippen molar-refractivity contribution in [2.75, 3.05) is 12.3 Å². The molecule has 2 amide bonds. The number of carbonyl (C=O) groups excluding carboxylic acids is 2. The summed E-state index contributed by atoms with van der Waals surface area (Å²) in [5.41, 5.74) is 6.02. The first-order chi connectivity index (χ1) is 7.95. The van der Waals surface area contributed by atoms with Gasteiger partial charge in [0.05, 0.1) is 5.69 Å². The Bertz CT molecular complexity index is 426. The van der Waals surface area contributed by atoms with Crippen LogP contribution in [0.2, 0.25) is 0 Å². The fourth-order valence-corrected chi connectivity index (χ4v) is 1.34. The lowest BCUT2D eigenvalue weighted by atomic mass is 10.2. The highest BCUT2D eigenvalue weighted by Crippen LogP contribution is 2.07. The smallest absolute Gasteiger partial charge is 0.274 e. The van der Waals surface area contributed by atoms with Gasteiger partial charge >= 0.3 is 0 Å². The number of aryl methyl sites for hydroxylation is 1. The summed E-state index contributed by atoms with van der Waals surface area (Å²) >= 11 is 0. The first-order valence-electron chi connectivity index (χ1n) is 5.33. The summed E-state index contributed by atoms with van der Waals surface area (Å²) in [5, 5.41) is 9.06. The van der Waals surface area contributed by atoms with E-state index in [1.165, 1.54) is 10.9 Å². The maximum atomic E-state index is 11.8. The van der Waals surface area contributed by atoms with Gasteiger partial charge in [-0.15, -0.1) is 0 Å². The van der Waals surface area contributed by atoms with E-state index < -0.39 is 11.9 Å². The van der Waals surface area contributed by atoms with Crippen molar-refractivity contribution >= 4 is 17.5 Å². The van der Waals surface area contributed by atoms with Crippen LogP contribution in [0.3, 0.4) is 0 Å². The number of nitrogens with zero attached hydrogens (tertiary/aromatic N) is 2. The van der Waals surface area contributed by atoms with Gasteiger partial charge in [0.25, 0.3) is 5.91 Å². The van der Waals surface area contributed by atoms with Crippen molar-refractivity contribution in [3.05, 3.63) is 11.9 Å². The molecule has 4 N–H and O–H groups in total. The van der Waals surface area contributed by atoms with E-state index in [0.717, 1.165) is 0 Å². The molecule has 1 unspecified atom stereocenters. The zero-order chi connectivity index (χ0) is 13.0. The number of nitrogens with two attached hydrogens (primary N) is 1. The van der Waals surface area contributed by atoms with E-state index in [4.69, 9.17) is 5.73 Å². The van der Waals surface area contributed by atoms with Gasteiger partial charge in [-0.05, 0) is 13.8 Å². The summed E-state index contributed by atoms with van der Waals surface area (Å²) in [4.78, 5) is 23.2. The van der Waals surface area contributed by atoms with E-state index in [0.29, 0.717) is 6.54 Å².